The fraction of sp³-hybridized carbons (Fsp3) is 0.273. The summed E-state index contributed by atoms with van der Waals surface area (Å²) < 4.78 is 4.69. The van der Waals surface area contributed by atoms with Crippen LogP contribution in [0.3, 0.4) is 0 Å². The Morgan fingerprint density at radius 2 is 1.89 bits per heavy atom. The van der Waals surface area contributed by atoms with Crippen LogP contribution in [0.25, 0.3) is 22.6 Å². The van der Waals surface area contributed by atoms with Crippen molar-refractivity contribution in [3.05, 3.63) is 76.7 Å². The Morgan fingerprint density at radius 1 is 1.11 bits per heavy atom. The zero-order chi connectivity index (χ0) is 19.5. The largest absolute Gasteiger partial charge is 0.299 e. The highest BCUT2D eigenvalue weighted by Gasteiger charge is 2.21. The van der Waals surface area contributed by atoms with E-state index in [0.717, 1.165) is 40.8 Å². The Balaban J connectivity index is 1.88. The molecule has 0 unspecified atom stereocenters. The summed E-state index contributed by atoms with van der Waals surface area (Å²) in [5, 5.41) is 4.65. The number of pyridine rings is 2. The molecule has 0 fully saturated rings. The van der Waals surface area contributed by atoms with Gasteiger partial charge in [-0.15, -0.1) is 5.10 Å². The molecular formula is C22H23IN4O. The Kier molecular flexibility index (Phi) is 5.77. The van der Waals surface area contributed by atoms with Gasteiger partial charge in [-0.05, 0) is 55.4 Å². The van der Waals surface area contributed by atoms with Crippen LogP contribution < -0.4 is 5.56 Å². The Bertz CT molecular complexity index is 1100. The molecule has 0 amide bonds. The molecular weight excluding hydrogens is 463 g/mol. The second-order valence-corrected chi connectivity index (χ2v) is 7.91. The van der Waals surface area contributed by atoms with Crippen molar-refractivity contribution in [2.75, 3.05) is 17.5 Å². The fourth-order valence-corrected chi connectivity index (χ4v) is 3.93. The van der Waals surface area contributed by atoms with Gasteiger partial charge in [0.05, 0.1) is 16.8 Å². The second kappa shape index (κ2) is 8.45. The quantitative estimate of drug-likeness (QED) is 0.290. The van der Waals surface area contributed by atoms with Gasteiger partial charge in [-0.2, -0.15) is 4.68 Å². The monoisotopic (exact) mass is 486 g/mol. The van der Waals surface area contributed by atoms with Crippen LogP contribution in [0.2, 0.25) is 0 Å². The Morgan fingerprint density at radius 3 is 2.64 bits per heavy atom. The van der Waals surface area contributed by atoms with Gasteiger partial charge in [0.1, 0.15) is 0 Å². The number of alkyl halides is 1. The van der Waals surface area contributed by atoms with E-state index in [1.54, 1.807) is 0 Å². The van der Waals surface area contributed by atoms with E-state index in [2.05, 4.69) is 45.6 Å². The molecule has 2 aliphatic rings. The molecule has 1 aromatic carbocycles. The molecule has 4 rings (SSSR count). The average Bonchev–Trinajstić information content (AvgIpc) is 3.08. The molecule has 28 heavy (non-hydrogen) atoms. The number of hydrogen-bond donors (Lipinski definition) is 0. The van der Waals surface area contributed by atoms with Crippen LogP contribution in [0.5, 0.6) is 0 Å². The zero-order valence-corrected chi connectivity index (χ0v) is 18.0. The molecule has 0 saturated heterocycles. The summed E-state index contributed by atoms with van der Waals surface area (Å²) in [6, 6.07) is 17.8. The van der Waals surface area contributed by atoms with Crippen molar-refractivity contribution in [2.24, 2.45) is 0 Å². The Labute approximate surface area is 178 Å². The number of rotatable bonds is 7. The smallest absolute Gasteiger partial charge is 0.282 e. The maximum Gasteiger partial charge on any atom is 0.282 e. The predicted octanol–water partition coefficient (Wildman–Crippen LogP) is 4.24. The van der Waals surface area contributed by atoms with Crippen LogP contribution in [0.1, 0.15) is 18.9 Å². The first-order chi connectivity index (χ1) is 13.7. The number of para-hydroxylation sites is 1. The topological polar surface area (TPSA) is 42.5 Å². The van der Waals surface area contributed by atoms with Gasteiger partial charge in [0.25, 0.3) is 5.56 Å². The molecule has 0 atom stereocenters. The average molecular weight is 486 g/mol. The zero-order valence-electron chi connectivity index (χ0n) is 15.9. The first-order valence-electron chi connectivity index (χ1n) is 9.58. The molecule has 0 aliphatic carbocycles. The first kappa shape index (κ1) is 19.1. The summed E-state index contributed by atoms with van der Waals surface area (Å²) in [6.07, 6.45) is 3.16. The molecule has 1 aromatic heterocycles. The van der Waals surface area contributed by atoms with E-state index >= 15 is 0 Å². The molecule has 2 aromatic rings. The van der Waals surface area contributed by atoms with Gasteiger partial charge < -0.3 is 0 Å². The fourth-order valence-electron chi connectivity index (χ4n) is 3.59. The van der Waals surface area contributed by atoms with E-state index in [1.807, 2.05) is 59.1 Å². The van der Waals surface area contributed by atoms with Gasteiger partial charge in [0, 0.05) is 17.2 Å². The van der Waals surface area contributed by atoms with Crippen molar-refractivity contribution in [3.63, 3.8) is 0 Å². The minimum atomic E-state index is -0.0731. The molecule has 5 nitrogen and oxygen atoms in total. The highest BCUT2D eigenvalue weighted by molar-refractivity contribution is 14.1. The number of nitrogens with zero attached hydrogens (tertiary/aromatic N) is 4. The summed E-state index contributed by atoms with van der Waals surface area (Å²) in [7, 11) is 0. The lowest BCUT2D eigenvalue weighted by Gasteiger charge is -2.21. The van der Waals surface area contributed by atoms with Gasteiger partial charge in [-0.25, -0.2) is 0 Å². The summed E-state index contributed by atoms with van der Waals surface area (Å²) in [5.74, 6) is 0.698. The predicted molar refractivity (Wildman–Crippen MR) is 122 cm³/mol. The van der Waals surface area contributed by atoms with Crippen LogP contribution in [-0.4, -0.2) is 36.6 Å². The third kappa shape index (κ3) is 3.58. The van der Waals surface area contributed by atoms with Crippen molar-refractivity contribution >= 4 is 28.1 Å². The Hall–Kier alpha value is -2.19. The maximum atomic E-state index is 13.1. The number of aromatic nitrogens is 3. The molecule has 3 heterocycles. The van der Waals surface area contributed by atoms with E-state index in [-0.39, 0.29) is 5.56 Å². The number of fused-ring (bicyclic) bond motifs is 3. The van der Waals surface area contributed by atoms with Crippen molar-refractivity contribution in [1.29, 1.82) is 0 Å². The summed E-state index contributed by atoms with van der Waals surface area (Å²) >= 11 is 2.42. The van der Waals surface area contributed by atoms with Crippen LogP contribution in [0, 0.1) is 0 Å². The van der Waals surface area contributed by atoms with E-state index in [1.165, 1.54) is 11.1 Å². The van der Waals surface area contributed by atoms with Crippen LogP contribution in [0.15, 0.2) is 65.6 Å². The van der Waals surface area contributed by atoms with Crippen LogP contribution in [-0.2, 0) is 6.54 Å². The van der Waals surface area contributed by atoms with Gasteiger partial charge >= 0.3 is 0 Å². The normalized spacial score (nSPS) is 11.7. The van der Waals surface area contributed by atoms with Gasteiger partial charge in [0.15, 0.2) is 5.82 Å². The second-order valence-electron chi connectivity index (χ2n) is 6.83. The van der Waals surface area contributed by atoms with Gasteiger partial charge in [-0.3, -0.25) is 14.1 Å². The standard InChI is InChI=1S/C22H23IN4O/c1-2-25(13-8-12-23)16-17-15-19-21(26-14-7-6-11-20(17)26)24-27(22(19)28)18-9-4-3-5-10-18/h3-7,9-11,14-15H,2,8,12-13,16H2,1H3. The number of halogens is 1. The summed E-state index contributed by atoms with van der Waals surface area (Å²) in [6.45, 7) is 5.06. The van der Waals surface area contributed by atoms with E-state index in [4.69, 9.17) is 0 Å². The third-order valence-corrected chi connectivity index (χ3v) is 5.81. The van der Waals surface area contributed by atoms with E-state index in [0.29, 0.717) is 11.4 Å². The van der Waals surface area contributed by atoms with Gasteiger partial charge in [0.2, 0.25) is 0 Å². The molecule has 0 spiro atoms. The van der Waals surface area contributed by atoms with Crippen molar-refractivity contribution in [3.8, 4) is 17.1 Å². The first-order valence-corrected chi connectivity index (χ1v) is 11.1. The highest BCUT2D eigenvalue weighted by Crippen LogP contribution is 2.25. The maximum absolute atomic E-state index is 13.1. The summed E-state index contributed by atoms with van der Waals surface area (Å²) in [4.78, 5) is 15.6. The lowest BCUT2D eigenvalue weighted by atomic mass is 10.1. The third-order valence-electron chi connectivity index (χ3n) is 5.04. The van der Waals surface area contributed by atoms with Crippen LogP contribution in [0.4, 0.5) is 0 Å². The molecule has 0 N–H and O–H groups in total. The molecule has 2 aliphatic heterocycles. The van der Waals surface area contributed by atoms with Crippen LogP contribution >= 0.6 is 22.6 Å². The molecule has 0 bridgehead atoms. The molecule has 6 heteroatoms. The summed E-state index contributed by atoms with van der Waals surface area (Å²) in [5.41, 5.74) is 3.63. The van der Waals surface area contributed by atoms with E-state index in [9.17, 15) is 4.79 Å². The molecule has 144 valence electrons. The van der Waals surface area contributed by atoms with Gasteiger partial charge in [-0.1, -0.05) is 53.8 Å². The van der Waals surface area contributed by atoms with Crippen molar-refractivity contribution in [1.82, 2.24) is 19.1 Å². The number of hydrogen-bond acceptors (Lipinski definition) is 3. The van der Waals surface area contributed by atoms with Crippen molar-refractivity contribution < 1.29 is 0 Å². The lowest BCUT2D eigenvalue weighted by Crippen LogP contribution is -2.25. The minimum absolute atomic E-state index is 0.0731. The molecule has 0 saturated carbocycles. The number of benzene rings is 1. The SMILES string of the molecule is CCN(CCCI)Cc1cc2c(=O)n(-c3ccccc3)nc-2n2ccccc12. The molecule has 0 radical (unpaired) electrons. The highest BCUT2D eigenvalue weighted by atomic mass is 127. The minimum Gasteiger partial charge on any atom is -0.299 e. The van der Waals surface area contributed by atoms with Crippen molar-refractivity contribution in [2.45, 2.75) is 19.9 Å². The lowest BCUT2D eigenvalue weighted by molar-refractivity contribution is 0.283. The van der Waals surface area contributed by atoms with E-state index < -0.39 is 0 Å².